The molecule has 0 saturated carbocycles. The number of amides is 1. The Morgan fingerprint density at radius 1 is 1.04 bits per heavy atom. The van der Waals surface area contributed by atoms with Crippen molar-refractivity contribution >= 4 is 5.91 Å². The topological polar surface area (TPSA) is 54.9 Å². The van der Waals surface area contributed by atoms with E-state index in [-0.39, 0.29) is 5.91 Å². The summed E-state index contributed by atoms with van der Waals surface area (Å²) in [7, 11) is 0. The normalized spacial score (nSPS) is 10.4. The van der Waals surface area contributed by atoms with Gasteiger partial charge in [-0.3, -0.25) is 14.8 Å². The van der Waals surface area contributed by atoms with Gasteiger partial charge in [-0.1, -0.05) is 23.8 Å². The van der Waals surface area contributed by atoms with E-state index in [9.17, 15) is 4.79 Å². The lowest BCUT2D eigenvalue weighted by Crippen LogP contribution is -2.24. The zero-order valence-corrected chi connectivity index (χ0v) is 13.8. The standard InChI is InChI=1S/C20H19N3O/c1-14-5-6-18(15(2)12-14)20(24)23-13-17-4-3-9-22-19(17)16-7-10-21-11-8-16/h3-12H,13H2,1-2H3,(H,23,24). The number of nitrogens with one attached hydrogen (secondary N) is 1. The van der Waals surface area contributed by atoms with Gasteiger partial charge < -0.3 is 5.32 Å². The van der Waals surface area contributed by atoms with Crippen LogP contribution in [0.1, 0.15) is 27.0 Å². The maximum Gasteiger partial charge on any atom is 0.251 e. The van der Waals surface area contributed by atoms with Crippen molar-refractivity contribution in [3.05, 3.63) is 83.3 Å². The molecule has 0 radical (unpaired) electrons. The van der Waals surface area contributed by atoms with Gasteiger partial charge in [0, 0.05) is 36.3 Å². The lowest BCUT2D eigenvalue weighted by atomic mass is 10.0. The summed E-state index contributed by atoms with van der Waals surface area (Å²) in [4.78, 5) is 20.9. The minimum absolute atomic E-state index is 0.0722. The summed E-state index contributed by atoms with van der Waals surface area (Å²) in [6, 6.07) is 13.5. The average molecular weight is 317 g/mol. The zero-order chi connectivity index (χ0) is 16.9. The molecule has 2 heterocycles. The molecule has 0 aliphatic carbocycles. The molecule has 0 atom stereocenters. The maximum absolute atomic E-state index is 12.5. The summed E-state index contributed by atoms with van der Waals surface area (Å²) >= 11 is 0. The maximum atomic E-state index is 12.5. The van der Waals surface area contributed by atoms with Gasteiger partial charge in [-0.25, -0.2) is 0 Å². The molecule has 3 aromatic rings. The second kappa shape index (κ2) is 7.04. The lowest BCUT2D eigenvalue weighted by Gasteiger charge is -2.11. The quantitative estimate of drug-likeness (QED) is 0.798. The summed E-state index contributed by atoms with van der Waals surface area (Å²) in [5.74, 6) is -0.0722. The molecule has 4 heteroatoms. The van der Waals surface area contributed by atoms with E-state index in [1.165, 1.54) is 0 Å². The van der Waals surface area contributed by atoms with E-state index < -0.39 is 0 Å². The second-order valence-electron chi connectivity index (χ2n) is 5.75. The predicted molar refractivity (Wildman–Crippen MR) is 94.6 cm³/mol. The van der Waals surface area contributed by atoms with Crippen LogP contribution in [0.5, 0.6) is 0 Å². The van der Waals surface area contributed by atoms with E-state index >= 15 is 0 Å². The van der Waals surface area contributed by atoms with Crippen LogP contribution in [0.25, 0.3) is 11.3 Å². The number of aromatic nitrogens is 2. The molecule has 120 valence electrons. The van der Waals surface area contributed by atoms with Crippen LogP contribution in [-0.4, -0.2) is 15.9 Å². The summed E-state index contributed by atoms with van der Waals surface area (Å²) in [5.41, 5.74) is 5.66. The van der Waals surface area contributed by atoms with Gasteiger partial charge in [-0.2, -0.15) is 0 Å². The number of pyridine rings is 2. The highest BCUT2D eigenvalue weighted by atomic mass is 16.1. The molecule has 1 aromatic carbocycles. The first kappa shape index (κ1) is 15.9. The molecule has 0 spiro atoms. The molecule has 4 nitrogen and oxygen atoms in total. The molecule has 3 rings (SSSR count). The van der Waals surface area contributed by atoms with Gasteiger partial charge in [0.1, 0.15) is 0 Å². The van der Waals surface area contributed by atoms with E-state index in [0.29, 0.717) is 12.1 Å². The van der Waals surface area contributed by atoms with Crippen molar-refractivity contribution in [3.63, 3.8) is 0 Å². The Morgan fingerprint density at radius 3 is 2.58 bits per heavy atom. The highest BCUT2D eigenvalue weighted by molar-refractivity contribution is 5.95. The van der Waals surface area contributed by atoms with Crippen molar-refractivity contribution in [1.29, 1.82) is 0 Å². The Bertz CT molecular complexity index is 860. The fourth-order valence-electron chi connectivity index (χ4n) is 2.69. The number of hydrogen-bond acceptors (Lipinski definition) is 3. The summed E-state index contributed by atoms with van der Waals surface area (Å²) in [6.45, 7) is 4.40. The number of carbonyl (C=O) groups is 1. The smallest absolute Gasteiger partial charge is 0.251 e. The van der Waals surface area contributed by atoms with E-state index in [0.717, 1.165) is 27.9 Å². The van der Waals surface area contributed by atoms with E-state index in [1.54, 1.807) is 18.6 Å². The van der Waals surface area contributed by atoms with Crippen LogP contribution in [0.2, 0.25) is 0 Å². The SMILES string of the molecule is Cc1ccc(C(=O)NCc2cccnc2-c2ccncc2)c(C)c1. The van der Waals surface area contributed by atoms with Crippen molar-refractivity contribution in [3.8, 4) is 11.3 Å². The third kappa shape index (κ3) is 3.49. The van der Waals surface area contributed by atoms with Crippen LogP contribution in [0.4, 0.5) is 0 Å². The summed E-state index contributed by atoms with van der Waals surface area (Å²) in [6.07, 6.45) is 5.23. The van der Waals surface area contributed by atoms with Gasteiger partial charge in [-0.15, -0.1) is 0 Å². The lowest BCUT2D eigenvalue weighted by molar-refractivity contribution is 0.0950. The van der Waals surface area contributed by atoms with Crippen molar-refractivity contribution in [2.45, 2.75) is 20.4 Å². The van der Waals surface area contributed by atoms with Crippen molar-refractivity contribution in [1.82, 2.24) is 15.3 Å². The Balaban J connectivity index is 1.79. The molecular weight excluding hydrogens is 298 g/mol. The number of rotatable bonds is 4. The van der Waals surface area contributed by atoms with Crippen molar-refractivity contribution < 1.29 is 4.79 Å². The Hall–Kier alpha value is -3.01. The van der Waals surface area contributed by atoms with Gasteiger partial charge in [0.15, 0.2) is 0 Å². The third-order valence-corrected chi connectivity index (χ3v) is 3.91. The molecular formula is C20H19N3O. The van der Waals surface area contributed by atoms with Crippen LogP contribution >= 0.6 is 0 Å². The van der Waals surface area contributed by atoms with E-state index in [2.05, 4.69) is 15.3 Å². The first-order chi connectivity index (χ1) is 11.6. The number of nitrogens with zero attached hydrogens (tertiary/aromatic N) is 2. The molecule has 0 aliphatic rings. The molecule has 1 amide bonds. The fourth-order valence-corrected chi connectivity index (χ4v) is 2.69. The Kier molecular flexibility index (Phi) is 4.66. The van der Waals surface area contributed by atoms with Crippen LogP contribution < -0.4 is 5.32 Å². The molecule has 2 aromatic heterocycles. The molecule has 24 heavy (non-hydrogen) atoms. The van der Waals surface area contributed by atoms with Gasteiger partial charge in [0.25, 0.3) is 5.91 Å². The largest absolute Gasteiger partial charge is 0.348 e. The second-order valence-corrected chi connectivity index (χ2v) is 5.75. The zero-order valence-electron chi connectivity index (χ0n) is 13.8. The minimum atomic E-state index is -0.0722. The summed E-state index contributed by atoms with van der Waals surface area (Å²) in [5, 5.41) is 2.99. The first-order valence-corrected chi connectivity index (χ1v) is 7.85. The van der Waals surface area contributed by atoms with Crippen LogP contribution in [0, 0.1) is 13.8 Å². The fraction of sp³-hybridized carbons (Fsp3) is 0.150. The number of aryl methyl sites for hydroxylation is 2. The number of carbonyl (C=O) groups excluding carboxylic acids is 1. The minimum Gasteiger partial charge on any atom is -0.348 e. The van der Waals surface area contributed by atoms with Crippen LogP contribution in [-0.2, 0) is 6.54 Å². The van der Waals surface area contributed by atoms with Crippen LogP contribution in [0.15, 0.2) is 61.1 Å². The van der Waals surface area contributed by atoms with Crippen LogP contribution in [0.3, 0.4) is 0 Å². The average Bonchev–Trinajstić information content (AvgIpc) is 2.61. The number of hydrogen-bond donors (Lipinski definition) is 1. The van der Waals surface area contributed by atoms with Gasteiger partial charge in [0.2, 0.25) is 0 Å². The van der Waals surface area contributed by atoms with Crippen molar-refractivity contribution in [2.75, 3.05) is 0 Å². The van der Waals surface area contributed by atoms with E-state index in [4.69, 9.17) is 0 Å². The monoisotopic (exact) mass is 317 g/mol. The Morgan fingerprint density at radius 2 is 1.83 bits per heavy atom. The first-order valence-electron chi connectivity index (χ1n) is 7.85. The molecule has 0 fully saturated rings. The van der Waals surface area contributed by atoms with Gasteiger partial charge in [0.05, 0.1) is 5.69 Å². The van der Waals surface area contributed by atoms with E-state index in [1.807, 2.05) is 56.3 Å². The summed E-state index contributed by atoms with van der Waals surface area (Å²) < 4.78 is 0. The highest BCUT2D eigenvalue weighted by Crippen LogP contribution is 2.20. The number of benzene rings is 1. The molecule has 0 unspecified atom stereocenters. The highest BCUT2D eigenvalue weighted by Gasteiger charge is 2.11. The van der Waals surface area contributed by atoms with Gasteiger partial charge in [-0.05, 0) is 49.2 Å². The molecule has 0 saturated heterocycles. The van der Waals surface area contributed by atoms with Gasteiger partial charge >= 0.3 is 0 Å². The third-order valence-electron chi connectivity index (χ3n) is 3.91. The molecule has 0 aliphatic heterocycles. The van der Waals surface area contributed by atoms with Crippen molar-refractivity contribution in [2.24, 2.45) is 0 Å². The Labute approximate surface area is 141 Å². The predicted octanol–water partition coefficient (Wildman–Crippen LogP) is 3.69. The molecule has 1 N–H and O–H groups in total. The molecule has 0 bridgehead atoms.